The van der Waals surface area contributed by atoms with Gasteiger partial charge in [-0.25, -0.2) is 0 Å². The Hall–Kier alpha value is -2.00. The number of phenols is 1. The van der Waals surface area contributed by atoms with E-state index < -0.39 is 0 Å². The van der Waals surface area contributed by atoms with Crippen molar-refractivity contribution in [3.63, 3.8) is 0 Å². The maximum Gasteiger partial charge on any atom is 0.125 e. The van der Waals surface area contributed by atoms with Gasteiger partial charge in [-0.1, -0.05) is 41.9 Å². The SMILES string of the molecule is CCc1ccc(/C(=N\O)c2ccc(Cl)cc2)c(O)c1. The van der Waals surface area contributed by atoms with Gasteiger partial charge in [0.25, 0.3) is 0 Å². The van der Waals surface area contributed by atoms with E-state index in [0.29, 0.717) is 21.9 Å². The number of oxime groups is 1. The Morgan fingerprint density at radius 3 is 2.37 bits per heavy atom. The Labute approximate surface area is 116 Å². The largest absolute Gasteiger partial charge is 0.507 e. The van der Waals surface area contributed by atoms with Gasteiger partial charge < -0.3 is 10.3 Å². The predicted molar refractivity (Wildman–Crippen MR) is 76.4 cm³/mol. The molecule has 2 aromatic rings. The third-order valence-corrected chi connectivity index (χ3v) is 3.20. The summed E-state index contributed by atoms with van der Waals surface area (Å²) in [6, 6.07) is 12.2. The van der Waals surface area contributed by atoms with Crippen molar-refractivity contribution < 1.29 is 10.3 Å². The molecule has 4 heteroatoms. The van der Waals surface area contributed by atoms with Gasteiger partial charge in [0.2, 0.25) is 0 Å². The highest BCUT2D eigenvalue weighted by atomic mass is 35.5. The number of phenolic OH excluding ortho intramolecular Hbond substituents is 1. The van der Waals surface area contributed by atoms with Crippen LogP contribution in [0.15, 0.2) is 47.6 Å². The first-order valence-electron chi connectivity index (χ1n) is 5.96. The van der Waals surface area contributed by atoms with E-state index in [1.165, 1.54) is 0 Å². The molecule has 0 saturated heterocycles. The van der Waals surface area contributed by atoms with E-state index in [2.05, 4.69) is 5.16 Å². The van der Waals surface area contributed by atoms with Gasteiger partial charge in [0.15, 0.2) is 0 Å². The minimum atomic E-state index is 0.0992. The predicted octanol–water partition coefficient (Wildman–Crippen LogP) is 3.83. The molecule has 0 atom stereocenters. The highest BCUT2D eigenvalue weighted by Gasteiger charge is 2.12. The second kappa shape index (κ2) is 5.76. The van der Waals surface area contributed by atoms with Crippen LogP contribution in [0.4, 0.5) is 0 Å². The summed E-state index contributed by atoms with van der Waals surface area (Å²) in [6.45, 7) is 2.01. The van der Waals surface area contributed by atoms with Crippen LogP contribution in [0.5, 0.6) is 5.75 Å². The van der Waals surface area contributed by atoms with Gasteiger partial charge in [0, 0.05) is 16.1 Å². The number of aromatic hydroxyl groups is 1. The molecule has 0 saturated carbocycles. The zero-order chi connectivity index (χ0) is 13.8. The van der Waals surface area contributed by atoms with E-state index in [9.17, 15) is 10.3 Å². The van der Waals surface area contributed by atoms with Gasteiger partial charge in [0.05, 0.1) is 0 Å². The molecule has 0 radical (unpaired) electrons. The van der Waals surface area contributed by atoms with E-state index >= 15 is 0 Å². The lowest BCUT2D eigenvalue weighted by atomic mass is 9.99. The molecule has 0 aromatic heterocycles. The maximum absolute atomic E-state index is 10.0. The summed E-state index contributed by atoms with van der Waals surface area (Å²) in [7, 11) is 0. The molecular weight excluding hydrogens is 262 g/mol. The molecule has 2 aromatic carbocycles. The lowest BCUT2D eigenvalue weighted by molar-refractivity contribution is 0.319. The minimum Gasteiger partial charge on any atom is -0.507 e. The lowest BCUT2D eigenvalue weighted by Crippen LogP contribution is -2.04. The molecule has 0 heterocycles. The lowest BCUT2D eigenvalue weighted by Gasteiger charge is -2.08. The van der Waals surface area contributed by atoms with Crippen LogP contribution in [0.1, 0.15) is 23.6 Å². The first kappa shape index (κ1) is 13.4. The second-order valence-corrected chi connectivity index (χ2v) is 4.60. The first-order valence-corrected chi connectivity index (χ1v) is 6.33. The average molecular weight is 276 g/mol. The highest BCUT2D eigenvalue weighted by Crippen LogP contribution is 2.23. The number of hydrogen-bond acceptors (Lipinski definition) is 3. The van der Waals surface area contributed by atoms with Gasteiger partial charge in [-0.2, -0.15) is 0 Å². The van der Waals surface area contributed by atoms with E-state index in [1.54, 1.807) is 36.4 Å². The van der Waals surface area contributed by atoms with Crippen LogP contribution in [0.2, 0.25) is 5.02 Å². The second-order valence-electron chi connectivity index (χ2n) is 4.16. The molecule has 2 rings (SSSR count). The Morgan fingerprint density at radius 2 is 1.84 bits per heavy atom. The molecule has 2 N–H and O–H groups in total. The van der Waals surface area contributed by atoms with Crippen molar-refractivity contribution in [1.29, 1.82) is 0 Å². The van der Waals surface area contributed by atoms with Crippen molar-refractivity contribution in [3.8, 4) is 5.75 Å². The van der Waals surface area contributed by atoms with E-state index in [0.717, 1.165) is 12.0 Å². The topological polar surface area (TPSA) is 52.8 Å². The van der Waals surface area contributed by atoms with Crippen LogP contribution in [-0.4, -0.2) is 16.0 Å². The van der Waals surface area contributed by atoms with Crippen molar-refractivity contribution in [2.24, 2.45) is 5.16 Å². The Bertz CT molecular complexity index is 606. The van der Waals surface area contributed by atoms with Gasteiger partial charge in [0.1, 0.15) is 11.5 Å². The zero-order valence-corrected chi connectivity index (χ0v) is 11.2. The Morgan fingerprint density at radius 1 is 1.16 bits per heavy atom. The monoisotopic (exact) mass is 275 g/mol. The molecule has 98 valence electrons. The van der Waals surface area contributed by atoms with Gasteiger partial charge in [-0.3, -0.25) is 0 Å². The number of halogens is 1. The summed E-state index contributed by atoms with van der Waals surface area (Å²) in [5.74, 6) is 0.0992. The molecule has 0 unspecified atom stereocenters. The highest BCUT2D eigenvalue weighted by molar-refractivity contribution is 6.30. The fourth-order valence-electron chi connectivity index (χ4n) is 1.87. The van der Waals surface area contributed by atoms with Crippen LogP contribution in [0.3, 0.4) is 0 Å². The third kappa shape index (κ3) is 2.88. The number of hydrogen-bond donors (Lipinski definition) is 2. The van der Waals surface area contributed by atoms with Crippen molar-refractivity contribution in [1.82, 2.24) is 0 Å². The molecule has 0 aliphatic carbocycles. The van der Waals surface area contributed by atoms with Gasteiger partial charge >= 0.3 is 0 Å². The summed E-state index contributed by atoms with van der Waals surface area (Å²) in [5.41, 5.74) is 2.51. The maximum atomic E-state index is 10.0. The number of benzene rings is 2. The molecule has 19 heavy (non-hydrogen) atoms. The van der Waals surface area contributed by atoms with Crippen LogP contribution >= 0.6 is 11.6 Å². The molecule has 0 aliphatic rings. The van der Waals surface area contributed by atoms with Crippen molar-refractivity contribution >= 4 is 17.3 Å². The standard InChI is InChI=1S/C15H14ClNO2/c1-2-10-3-8-13(14(18)9-10)15(17-19)11-4-6-12(16)7-5-11/h3-9,18-19H,2H2,1H3/b17-15-. The molecule has 0 fully saturated rings. The zero-order valence-electron chi connectivity index (χ0n) is 10.5. The fraction of sp³-hybridized carbons (Fsp3) is 0.133. The molecule has 0 spiro atoms. The Balaban J connectivity index is 2.46. The summed E-state index contributed by atoms with van der Waals surface area (Å²) < 4.78 is 0. The number of rotatable bonds is 3. The van der Waals surface area contributed by atoms with Crippen LogP contribution in [0, 0.1) is 0 Å². The quantitative estimate of drug-likeness (QED) is 0.508. The molecule has 0 bridgehead atoms. The number of aryl methyl sites for hydroxylation is 1. The summed E-state index contributed by atoms with van der Waals surface area (Å²) in [6.07, 6.45) is 0.834. The van der Waals surface area contributed by atoms with Crippen LogP contribution < -0.4 is 0 Å². The molecule has 3 nitrogen and oxygen atoms in total. The number of nitrogens with zero attached hydrogens (tertiary/aromatic N) is 1. The van der Waals surface area contributed by atoms with Crippen LogP contribution in [-0.2, 0) is 6.42 Å². The van der Waals surface area contributed by atoms with Crippen molar-refractivity contribution in [2.45, 2.75) is 13.3 Å². The first-order chi connectivity index (χ1) is 9.15. The van der Waals surface area contributed by atoms with E-state index in [4.69, 9.17) is 11.6 Å². The third-order valence-electron chi connectivity index (χ3n) is 2.94. The molecular formula is C15H14ClNO2. The summed E-state index contributed by atoms with van der Waals surface area (Å²) >= 11 is 5.82. The van der Waals surface area contributed by atoms with Gasteiger partial charge in [-0.15, -0.1) is 0 Å². The molecule has 0 aliphatic heterocycles. The summed E-state index contributed by atoms with van der Waals surface area (Å²) in [5, 5.41) is 23.1. The van der Waals surface area contributed by atoms with Crippen molar-refractivity contribution in [3.05, 3.63) is 64.2 Å². The smallest absolute Gasteiger partial charge is 0.125 e. The minimum absolute atomic E-state index is 0.0992. The Kier molecular flexibility index (Phi) is 4.07. The fourth-order valence-corrected chi connectivity index (χ4v) is 2.00. The van der Waals surface area contributed by atoms with E-state index in [-0.39, 0.29) is 5.75 Å². The summed E-state index contributed by atoms with van der Waals surface area (Å²) in [4.78, 5) is 0. The van der Waals surface area contributed by atoms with E-state index in [1.807, 2.05) is 13.0 Å². The normalized spacial score (nSPS) is 11.6. The van der Waals surface area contributed by atoms with Crippen molar-refractivity contribution in [2.75, 3.05) is 0 Å². The van der Waals surface area contributed by atoms with Crippen LogP contribution in [0.25, 0.3) is 0 Å². The average Bonchev–Trinajstić information content (AvgIpc) is 2.43. The van der Waals surface area contributed by atoms with Gasteiger partial charge in [-0.05, 0) is 36.2 Å². The molecule has 0 amide bonds.